The van der Waals surface area contributed by atoms with Gasteiger partial charge in [-0.05, 0) is 73.7 Å². The first kappa shape index (κ1) is 31.3. The number of carbonyl (C=O) groups excluding carboxylic acids is 1. The zero-order valence-electron chi connectivity index (χ0n) is 20.6. The van der Waals surface area contributed by atoms with Gasteiger partial charge in [0.25, 0.3) is 0 Å². The second-order valence-corrected chi connectivity index (χ2v) is 9.68. The van der Waals surface area contributed by atoms with E-state index in [2.05, 4.69) is 20.1 Å². The average molecular weight is 544 g/mol. The van der Waals surface area contributed by atoms with Crippen LogP contribution in [0.1, 0.15) is 49.9 Å². The molecule has 2 rings (SSSR count). The Hall–Kier alpha value is -2.71. The van der Waals surface area contributed by atoms with Gasteiger partial charge in [-0.3, -0.25) is 4.79 Å². The quantitative estimate of drug-likeness (QED) is 0.208. The number of benzene rings is 2. The molecule has 0 aliphatic rings. The fourth-order valence-electron chi connectivity index (χ4n) is 3.06. The molecule has 0 heterocycles. The highest BCUT2D eigenvalue weighted by Crippen LogP contribution is 2.30. The minimum Gasteiger partial charge on any atom is -0.342 e. The Morgan fingerprint density at radius 2 is 1.78 bits per heavy atom. The molecule has 0 spiro atoms. The van der Waals surface area contributed by atoms with Crippen molar-refractivity contribution in [1.82, 2.24) is 5.32 Å². The average Bonchev–Trinajstić information content (AvgIpc) is 2.81. The molecule has 0 radical (unpaired) electrons. The van der Waals surface area contributed by atoms with Gasteiger partial charge in [0.1, 0.15) is 5.83 Å². The number of carbonyl (C=O) groups is 1. The van der Waals surface area contributed by atoms with Crippen molar-refractivity contribution in [3.8, 4) is 0 Å². The molecule has 0 saturated heterocycles. The van der Waals surface area contributed by atoms with Crippen LogP contribution < -0.4 is 5.32 Å². The SMILES string of the molecule is C=C(F)/C(=C\C)Cc1cc(Cl)ccc1S(=O)c1ccc([C@H](C)NC(=O)C(F)(F)F)cc1C.C=CCC. The van der Waals surface area contributed by atoms with Crippen LogP contribution in [0.15, 0.2) is 82.9 Å². The van der Waals surface area contributed by atoms with Gasteiger partial charge in [-0.25, -0.2) is 8.60 Å². The second-order valence-electron chi connectivity index (χ2n) is 7.83. The molecule has 0 bridgehead atoms. The molecule has 2 atom stereocenters. The van der Waals surface area contributed by atoms with E-state index in [0.717, 1.165) is 6.42 Å². The predicted octanol–water partition coefficient (Wildman–Crippen LogP) is 8.11. The fraction of sp³-hybridized carbons (Fsp3) is 0.296. The predicted molar refractivity (Wildman–Crippen MR) is 138 cm³/mol. The smallest absolute Gasteiger partial charge is 0.342 e. The maximum atomic E-state index is 13.7. The summed E-state index contributed by atoms with van der Waals surface area (Å²) in [5, 5.41) is 2.30. The fourth-order valence-corrected chi connectivity index (χ4v) is 4.59. The summed E-state index contributed by atoms with van der Waals surface area (Å²) in [6.07, 6.45) is -0.301. The van der Waals surface area contributed by atoms with Crippen LogP contribution in [0.4, 0.5) is 17.6 Å². The van der Waals surface area contributed by atoms with E-state index in [9.17, 15) is 26.6 Å². The van der Waals surface area contributed by atoms with Gasteiger partial charge in [0.2, 0.25) is 0 Å². The number of hydrogen-bond donors (Lipinski definition) is 1. The van der Waals surface area contributed by atoms with E-state index in [1.807, 2.05) is 11.4 Å². The number of amides is 1. The third kappa shape index (κ3) is 9.06. The van der Waals surface area contributed by atoms with Gasteiger partial charge in [-0.2, -0.15) is 13.2 Å². The Morgan fingerprint density at radius 3 is 2.25 bits per heavy atom. The lowest BCUT2D eigenvalue weighted by atomic mass is 10.0. The molecule has 0 saturated carbocycles. The Balaban J connectivity index is 0.00000150. The molecular formula is C27H30ClF4NO2S. The summed E-state index contributed by atoms with van der Waals surface area (Å²) in [4.78, 5) is 12.1. The molecule has 2 aromatic carbocycles. The van der Waals surface area contributed by atoms with E-state index >= 15 is 0 Å². The first-order valence-electron chi connectivity index (χ1n) is 11.1. The molecule has 2 aromatic rings. The third-order valence-corrected chi connectivity index (χ3v) is 6.98. The number of nitrogens with one attached hydrogen (secondary N) is 1. The lowest BCUT2D eigenvalue weighted by Gasteiger charge is -2.18. The molecule has 0 aliphatic carbocycles. The standard InChI is InChI=1S/C23H22ClF4NO2S.C4H8/c1-5-16(14(3)25)11-18-12-19(24)7-9-21(18)32(31)20-8-6-17(10-13(20)2)15(4)29-22(30)23(26,27)28;1-3-4-2/h5-10,12,15H,3,11H2,1-2,4H3,(H,29,30);3H,1,4H2,2H3/b16-5-;/t15-,32?;/m0./s1. The maximum Gasteiger partial charge on any atom is 0.471 e. The van der Waals surface area contributed by atoms with Crippen LogP contribution in [-0.4, -0.2) is 16.3 Å². The number of allylic oxidation sites excluding steroid dienone is 4. The number of alkyl halides is 3. The molecule has 0 aliphatic heterocycles. The number of halogens is 5. The normalized spacial score (nSPS) is 13.2. The van der Waals surface area contributed by atoms with Gasteiger partial charge in [-0.1, -0.05) is 49.4 Å². The lowest BCUT2D eigenvalue weighted by Crippen LogP contribution is -2.38. The summed E-state index contributed by atoms with van der Waals surface area (Å²) in [6.45, 7) is 13.6. The number of aryl methyl sites for hydroxylation is 1. The second kappa shape index (κ2) is 14.1. The minimum atomic E-state index is -4.98. The van der Waals surface area contributed by atoms with E-state index in [-0.39, 0.29) is 6.42 Å². The molecule has 1 unspecified atom stereocenters. The van der Waals surface area contributed by atoms with E-state index in [1.54, 1.807) is 50.3 Å². The molecule has 3 nitrogen and oxygen atoms in total. The molecule has 196 valence electrons. The third-order valence-electron chi connectivity index (χ3n) is 5.09. The van der Waals surface area contributed by atoms with Crippen LogP contribution in [-0.2, 0) is 22.0 Å². The van der Waals surface area contributed by atoms with Crippen LogP contribution in [0.2, 0.25) is 5.02 Å². The summed E-state index contributed by atoms with van der Waals surface area (Å²) in [5.41, 5.74) is 1.90. The molecule has 36 heavy (non-hydrogen) atoms. The summed E-state index contributed by atoms with van der Waals surface area (Å²) in [7, 11) is -1.66. The molecule has 1 N–H and O–H groups in total. The topological polar surface area (TPSA) is 46.2 Å². The Bertz CT molecular complexity index is 1160. The highest BCUT2D eigenvalue weighted by molar-refractivity contribution is 7.85. The molecule has 9 heteroatoms. The summed E-state index contributed by atoms with van der Waals surface area (Å²) in [6, 6.07) is 8.52. The monoisotopic (exact) mass is 543 g/mol. The highest BCUT2D eigenvalue weighted by Gasteiger charge is 2.39. The van der Waals surface area contributed by atoms with Crippen molar-refractivity contribution in [3.63, 3.8) is 0 Å². The van der Waals surface area contributed by atoms with E-state index in [4.69, 9.17) is 11.6 Å². The first-order valence-corrected chi connectivity index (χ1v) is 12.6. The van der Waals surface area contributed by atoms with Crippen LogP contribution in [0.25, 0.3) is 0 Å². The Kier molecular flexibility index (Phi) is 12.3. The zero-order chi connectivity index (χ0) is 27.6. The number of rotatable bonds is 8. The summed E-state index contributed by atoms with van der Waals surface area (Å²) >= 11 is 6.09. The lowest BCUT2D eigenvalue weighted by molar-refractivity contribution is -0.174. The largest absolute Gasteiger partial charge is 0.471 e. The van der Waals surface area contributed by atoms with Gasteiger partial charge in [0.05, 0.1) is 16.8 Å². The van der Waals surface area contributed by atoms with Crippen molar-refractivity contribution < 1.29 is 26.6 Å². The van der Waals surface area contributed by atoms with Crippen LogP contribution in [0, 0.1) is 6.92 Å². The van der Waals surface area contributed by atoms with Crippen LogP contribution in [0.3, 0.4) is 0 Å². The van der Waals surface area contributed by atoms with Gasteiger partial charge in [-0.15, -0.1) is 6.58 Å². The van der Waals surface area contributed by atoms with Crippen molar-refractivity contribution in [2.45, 2.75) is 62.5 Å². The van der Waals surface area contributed by atoms with Crippen molar-refractivity contribution in [3.05, 3.63) is 94.8 Å². The van der Waals surface area contributed by atoms with Gasteiger partial charge >= 0.3 is 12.1 Å². The van der Waals surface area contributed by atoms with Crippen molar-refractivity contribution in [2.75, 3.05) is 0 Å². The van der Waals surface area contributed by atoms with Crippen molar-refractivity contribution >= 4 is 28.3 Å². The molecule has 1 amide bonds. The van der Waals surface area contributed by atoms with Gasteiger partial charge in [0, 0.05) is 21.2 Å². The maximum absolute atomic E-state index is 13.7. The Morgan fingerprint density at radius 1 is 1.19 bits per heavy atom. The molecule has 0 fully saturated rings. The van der Waals surface area contributed by atoms with Crippen molar-refractivity contribution in [2.24, 2.45) is 0 Å². The van der Waals surface area contributed by atoms with E-state index < -0.39 is 34.8 Å². The molecule has 0 aromatic heterocycles. The van der Waals surface area contributed by atoms with Crippen molar-refractivity contribution in [1.29, 1.82) is 0 Å². The van der Waals surface area contributed by atoms with E-state index in [1.165, 1.54) is 13.0 Å². The number of hydrogen-bond acceptors (Lipinski definition) is 2. The van der Waals surface area contributed by atoms with Crippen LogP contribution in [0.5, 0.6) is 0 Å². The van der Waals surface area contributed by atoms with Gasteiger partial charge in [0.15, 0.2) is 0 Å². The van der Waals surface area contributed by atoms with Gasteiger partial charge < -0.3 is 5.32 Å². The summed E-state index contributed by atoms with van der Waals surface area (Å²) < 4.78 is 64.5. The first-order chi connectivity index (χ1) is 16.8. The zero-order valence-corrected chi connectivity index (χ0v) is 22.2. The van der Waals surface area contributed by atoms with Crippen LogP contribution >= 0.6 is 11.6 Å². The highest BCUT2D eigenvalue weighted by atomic mass is 35.5. The Labute approximate surface area is 217 Å². The molecular weight excluding hydrogens is 514 g/mol. The summed E-state index contributed by atoms with van der Waals surface area (Å²) in [5.74, 6) is -2.63. The van der Waals surface area contributed by atoms with E-state index in [0.29, 0.717) is 37.1 Å². The minimum absolute atomic E-state index is 0.144.